The topological polar surface area (TPSA) is 17.8 Å². The van der Waals surface area contributed by atoms with Gasteiger partial charge in [0.05, 0.1) is 22.4 Å². The van der Waals surface area contributed by atoms with Crippen LogP contribution in [-0.4, -0.2) is 9.55 Å². The van der Waals surface area contributed by atoms with E-state index in [0.717, 1.165) is 28.2 Å². The van der Waals surface area contributed by atoms with Crippen molar-refractivity contribution < 1.29 is 0 Å². The van der Waals surface area contributed by atoms with E-state index in [1.807, 2.05) is 0 Å². The van der Waals surface area contributed by atoms with Crippen LogP contribution in [0.25, 0.3) is 94.2 Å². The maximum Gasteiger partial charge on any atom is 0.0794 e. The van der Waals surface area contributed by atoms with Crippen LogP contribution in [0.4, 0.5) is 0 Å². The van der Waals surface area contributed by atoms with Crippen LogP contribution in [0.1, 0.15) is 0 Å². The van der Waals surface area contributed by atoms with Crippen LogP contribution in [-0.2, 0) is 0 Å². The van der Waals surface area contributed by atoms with Crippen molar-refractivity contribution in [3.63, 3.8) is 0 Å². The molecule has 0 spiro atoms. The molecule has 47 heavy (non-hydrogen) atoms. The molecule has 1 aliphatic rings. The minimum atomic E-state index is 0.997. The molecule has 0 saturated heterocycles. The van der Waals surface area contributed by atoms with Crippen LogP contribution in [0.3, 0.4) is 0 Å². The lowest BCUT2D eigenvalue weighted by Gasteiger charge is -2.20. The summed E-state index contributed by atoms with van der Waals surface area (Å²) in [5, 5.41) is 5.01. The van der Waals surface area contributed by atoms with Gasteiger partial charge in [0.15, 0.2) is 0 Å². The largest absolute Gasteiger partial charge is 0.309 e. The highest BCUT2D eigenvalue weighted by Gasteiger charge is 2.31. The third kappa shape index (κ3) is 3.82. The Bertz CT molecular complexity index is 2650. The second-order valence-electron chi connectivity index (χ2n) is 12.3. The molecule has 2 heteroatoms. The molecule has 0 amide bonds. The summed E-state index contributed by atoms with van der Waals surface area (Å²) < 4.78 is 2.37. The van der Waals surface area contributed by atoms with E-state index in [2.05, 4.69) is 174 Å². The van der Waals surface area contributed by atoms with Gasteiger partial charge in [-0.2, -0.15) is 0 Å². The van der Waals surface area contributed by atoms with Gasteiger partial charge in [0.2, 0.25) is 0 Å². The van der Waals surface area contributed by atoms with Gasteiger partial charge in [0, 0.05) is 44.3 Å². The minimum Gasteiger partial charge on any atom is -0.309 e. The van der Waals surface area contributed by atoms with E-state index in [-0.39, 0.29) is 0 Å². The second-order valence-corrected chi connectivity index (χ2v) is 12.3. The van der Waals surface area contributed by atoms with Crippen LogP contribution in [0, 0.1) is 0 Å². The monoisotopic (exact) mass is 596 g/mol. The van der Waals surface area contributed by atoms with Crippen molar-refractivity contribution in [1.82, 2.24) is 9.55 Å². The minimum absolute atomic E-state index is 0.997. The zero-order valence-electron chi connectivity index (χ0n) is 25.6. The van der Waals surface area contributed by atoms with Gasteiger partial charge < -0.3 is 4.57 Å². The van der Waals surface area contributed by atoms with Crippen molar-refractivity contribution >= 4 is 32.6 Å². The highest BCUT2D eigenvalue weighted by molar-refractivity contribution is 6.22. The molecule has 0 radical (unpaired) electrons. The number of aromatic nitrogens is 2. The van der Waals surface area contributed by atoms with E-state index in [1.54, 1.807) is 0 Å². The van der Waals surface area contributed by atoms with Crippen molar-refractivity contribution in [2.75, 3.05) is 0 Å². The zero-order chi connectivity index (χ0) is 30.9. The number of benzene rings is 7. The molecule has 0 N–H and O–H groups in total. The summed E-state index contributed by atoms with van der Waals surface area (Å²) in [5.74, 6) is 0. The molecule has 0 fully saturated rings. The summed E-state index contributed by atoms with van der Waals surface area (Å²) >= 11 is 0. The average molecular weight is 597 g/mol. The van der Waals surface area contributed by atoms with Gasteiger partial charge in [-0.05, 0) is 57.8 Å². The molecule has 0 bridgehead atoms. The summed E-state index contributed by atoms with van der Waals surface area (Å²) in [6.45, 7) is 0. The molecule has 2 aromatic heterocycles. The van der Waals surface area contributed by atoms with Gasteiger partial charge in [-0.25, -0.2) is 4.98 Å². The predicted molar refractivity (Wildman–Crippen MR) is 197 cm³/mol. The van der Waals surface area contributed by atoms with E-state index >= 15 is 0 Å². The number of pyridine rings is 1. The Balaban J connectivity index is 1.34. The van der Waals surface area contributed by atoms with Gasteiger partial charge in [0.25, 0.3) is 0 Å². The molecule has 2 nitrogen and oxygen atoms in total. The third-order valence-corrected chi connectivity index (χ3v) is 9.71. The van der Waals surface area contributed by atoms with Gasteiger partial charge >= 0.3 is 0 Å². The summed E-state index contributed by atoms with van der Waals surface area (Å²) in [6.07, 6.45) is 0. The molecular weight excluding hydrogens is 569 g/mol. The highest BCUT2D eigenvalue weighted by atomic mass is 15.0. The second kappa shape index (κ2) is 10.1. The van der Waals surface area contributed by atoms with Crippen molar-refractivity contribution in [2.24, 2.45) is 0 Å². The van der Waals surface area contributed by atoms with Crippen LogP contribution in [0.5, 0.6) is 0 Å². The Hall–Kier alpha value is -6.25. The molecule has 218 valence electrons. The smallest absolute Gasteiger partial charge is 0.0794 e. The fourth-order valence-electron chi connectivity index (χ4n) is 7.75. The first-order valence-corrected chi connectivity index (χ1v) is 16.2. The van der Waals surface area contributed by atoms with Crippen LogP contribution >= 0.6 is 0 Å². The van der Waals surface area contributed by atoms with Gasteiger partial charge in [-0.3, -0.25) is 0 Å². The first-order valence-electron chi connectivity index (χ1n) is 16.2. The Morgan fingerprint density at radius 2 is 0.979 bits per heavy atom. The van der Waals surface area contributed by atoms with Crippen molar-refractivity contribution in [3.8, 4) is 61.6 Å². The standard InChI is InChI=1S/C45H28N2/c1-4-14-30(15-5-1)41-42-35-23-12-18-29-19-13-24-36(40(29)35)43(42)44(31-16-6-2-7-17-31)46-45(41)32-26-27-39-37(28-32)34-22-10-11-25-38(34)47(39)33-20-8-3-9-21-33/h1-28H. The molecule has 10 rings (SSSR count). The Kier molecular flexibility index (Phi) is 5.61. The van der Waals surface area contributed by atoms with Crippen LogP contribution in [0.2, 0.25) is 0 Å². The molecule has 7 aromatic carbocycles. The molecule has 0 unspecified atom stereocenters. The van der Waals surface area contributed by atoms with E-state index < -0.39 is 0 Å². The van der Waals surface area contributed by atoms with Gasteiger partial charge in [0.1, 0.15) is 0 Å². The number of fused-ring (bicyclic) bond motifs is 6. The lowest BCUT2D eigenvalue weighted by Crippen LogP contribution is -1.99. The number of hydrogen-bond acceptors (Lipinski definition) is 1. The summed E-state index contributed by atoms with van der Waals surface area (Å²) in [7, 11) is 0. The molecular formula is C45H28N2. The predicted octanol–water partition coefficient (Wildman–Crippen LogP) is 12.0. The van der Waals surface area contributed by atoms with Gasteiger partial charge in [-0.15, -0.1) is 0 Å². The van der Waals surface area contributed by atoms with E-state index in [4.69, 9.17) is 4.98 Å². The molecule has 0 atom stereocenters. The molecule has 0 aliphatic heterocycles. The van der Waals surface area contributed by atoms with E-state index in [9.17, 15) is 0 Å². The summed E-state index contributed by atoms with van der Waals surface area (Å²) in [5.41, 5.74) is 15.1. The number of para-hydroxylation sites is 2. The maximum absolute atomic E-state index is 5.68. The molecule has 2 heterocycles. The van der Waals surface area contributed by atoms with E-state index in [0.29, 0.717) is 0 Å². The molecule has 0 saturated carbocycles. The zero-order valence-corrected chi connectivity index (χ0v) is 25.6. The fraction of sp³-hybridized carbons (Fsp3) is 0. The first kappa shape index (κ1) is 26.0. The highest BCUT2D eigenvalue weighted by Crippen LogP contribution is 2.56. The lowest BCUT2D eigenvalue weighted by atomic mass is 9.87. The van der Waals surface area contributed by atoms with Crippen molar-refractivity contribution in [2.45, 2.75) is 0 Å². The normalized spacial score (nSPS) is 11.8. The average Bonchev–Trinajstić information content (AvgIpc) is 3.66. The summed E-state index contributed by atoms with van der Waals surface area (Å²) in [6, 6.07) is 61.1. The number of rotatable bonds is 4. The maximum atomic E-state index is 5.68. The van der Waals surface area contributed by atoms with Crippen molar-refractivity contribution in [1.29, 1.82) is 0 Å². The first-order chi connectivity index (χ1) is 23.3. The molecule has 1 aliphatic carbocycles. The Morgan fingerprint density at radius 3 is 1.72 bits per heavy atom. The molecule has 9 aromatic rings. The number of hydrogen-bond donors (Lipinski definition) is 0. The Labute approximate surface area is 272 Å². The van der Waals surface area contributed by atoms with Crippen LogP contribution in [0.15, 0.2) is 170 Å². The van der Waals surface area contributed by atoms with Gasteiger partial charge in [-0.1, -0.05) is 140 Å². The fourth-order valence-corrected chi connectivity index (χ4v) is 7.75. The van der Waals surface area contributed by atoms with E-state index in [1.165, 1.54) is 66.0 Å². The Morgan fingerprint density at radius 1 is 0.383 bits per heavy atom. The van der Waals surface area contributed by atoms with Crippen molar-refractivity contribution in [3.05, 3.63) is 170 Å². The SMILES string of the molecule is c1ccc(-c2nc(-c3ccc4c(c3)c3ccccc3n4-c3ccccc3)c(-c3ccccc3)c3c2-c2cccc4cccc-3c24)cc1. The summed E-state index contributed by atoms with van der Waals surface area (Å²) in [4.78, 5) is 5.68. The van der Waals surface area contributed by atoms with Crippen LogP contribution < -0.4 is 0 Å². The quantitative estimate of drug-likeness (QED) is 0.198. The lowest BCUT2D eigenvalue weighted by molar-refractivity contribution is 1.18. The number of nitrogens with zero attached hydrogens (tertiary/aromatic N) is 2. The third-order valence-electron chi connectivity index (χ3n) is 9.71.